The summed E-state index contributed by atoms with van der Waals surface area (Å²) in [5, 5.41) is 3.44. The topological polar surface area (TPSA) is 30.5 Å². The summed E-state index contributed by atoms with van der Waals surface area (Å²) in [4.78, 5) is 0. The molecule has 0 aliphatic carbocycles. The van der Waals surface area contributed by atoms with Crippen LogP contribution in [-0.4, -0.2) is 12.7 Å². The van der Waals surface area contributed by atoms with E-state index in [1.807, 2.05) is 38.1 Å². The molecule has 0 amide bonds. The highest BCUT2D eigenvalue weighted by molar-refractivity contribution is 5.47. The van der Waals surface area contributed by atoms with Gasteiger partial charge in [0.25, 0.3) is 0 Å². The average Bonchev–Trinajstić information content (AvgIpc) is 2.64. The Balaban J connectivity index is 1.70. The first kappa shape index (κ1) is 20.2. The van der Waals surface area contributed by atoms with Crippen molar-refractivity contribution in [1.29, 1.82) is 0 Å². The van der Waals surface area contributed by atoms with Crippen molar-refractivity contribution in [2.45, 2.75) is 65.5 Å². The van der Waals surface area contributed by atoms with Gasteiger partial charge in [-0.3, -0.25) is 0 Å². The Bertz CT molecular complexity index is 605. The van der Waals surface area contributed by atoms with Crippen molar-refractivity contribution in [1.82, 2.24) is 0 Å². The summed E-state index contributed by atoms with van der Waals surface area (Å²) < 4.78 is 11.5. The molecule has 0 aromatic heterocycles. The van der Waals surface area contributed by atoms with Crippen LogP contribution in [0, 0.1) is 0 Å². The number of hydrogen-bond acceptors (Lipinski definition) is 3. The number of rotatable bonds is 12. The lowest BCUT2D eigenvalue weighted by atomic mass is 10.2. The van der Waals surface area contributed by atoms with E-state index in [0.717, 1.165) is 36.8 Å². The van der Waals surface area contributed by atoms with Gasteiger partial charge >= 0.3 is 0 Å². The Hall–Kier alpha value is -2.16. The Morgan fingerprint density at radius 2 is 1.46 bits per heavy atom. The van der Waals surface area contributed by atoms with Crippen LogP contribution in [0.5, 0.6) is 11.5 Å². The minimum Gasteiger partial charge on any atom is -0.494 e. The van der Waals surface area contributed by atoms with Crippen LogP contribution in [0.4, 0.5) is 5.69 Å². The Morgan fingerprint density at radius 1 is 0.808 bits per heavy atom. The van der Waals surface area contributed by atoms with Crippen LogP contribution in [0.2, 0.25) is 0 Å². The summed E-state index contributed by atoms with van der Waals surface area (Å²) in [7, 11) is 0. The third-order valence-electron chi connectivity index (χ3n) is 4.16. The zero-order valence-electron chi connectivity index (χ0n) is 16.5. The summed E-state index contributed by atoms with van der Waals surface area (Å²) in [6.07, 6.45) is 6.53. The van der Waals surface area contributed by atoms with Crippen molar-refractivity contribution in [2.75, 3.05) is 11.9 Å². The number of anilines is 1. The molecule has 3 nitrogen and oxygen atoms in total. The van der Waals surface area contributed by atoms with Gasteiger partial charge in [0.1, 0.15) is 11.5 Å². The highest BCUT2D eigenvalue weighted by Crippen LogP contribution is 2.18. The van der Waals surface area contributed by atoms with Crippen LogP contribution in [-0.2, 0) is 6.54 Å². The van der Waals surface area contributed by atoms with E-state index in [9.17, 15) is 0 Å². The standard InChI is InChI=1S/C23H33NO2/c1-4-5-6-7-8-17-25-22-13-9-20(10-14-22)18-24-21-11-15-23(16-12-21)26-19(2)3/h9-16,19,24H,4-8,17-18H2,1-3H3. The molecule has 26 heavy (non-hydrogen) atoms. The molecule has 0 fully saturated rings. The second-order valence-electron chi connectivity index (χ2n) is 6.95. The summed E-state index contributed by atoms with van der Waals surface area (Å²) in [5.41, 5.74) is 2.33. The quantitative estimate of drug-likeness (QED) is 0.445. The molecule has 0 saturated carbocycles. The maximum absolute atomic E-state index is 5.81. The van der Waals surface area contributed by atoms with E-state index in [2.05, 4.69) is 36.5 Å². The van der Waals surface area contributed by atoms with Gasteiger partial charge < -0.3 is 14.8 Å². The summed E-state index contributed by atoms with van der Waals surface area (Å²) in [6.45, 7) is 7.91. The van der Waals surface area contributed by atoms with Gasteiger partial charge in [-0.15, -0.1) is 0 Å². The van der Waals surface area contributed by atoms with Crippen LogP contribution in [0.25, 0.3) is 0 Å². The van der Waals surface area contributed by atoms with Crippen LogP contribution >= 0.6 is 0 Å². The Kier molecular flexibility index (Phi) is 8.88. The van der Waals surface area contributed by atoms with E-state index < -0.39 is 0 Å². The van der Waals surface area contributed by atoms with Crippen molar-refractivity contribution in [3.63, 3.8) is 0 Å². The molecular weight excluding hydrogens is 322 g/mol. The SMILES string of the molecule is CCCCCCCOc1ccc(CNc2ccc(OC(C)C)cc2)cc1. The fraction of sp³-hybridized carbons (Fsp3) is 0.478. The lowest BCUT2D eigenvalue weighted by Crippen LogP contribution is -2.05. The van der Waals surface area contributed by atoms with Crippen LogP contribution in [0.1, 0.15) is 58.4 Å². The molecular formula is C23H33NO2. The zero-order valence-corrected chi connectivity index (χ0v) is 16.5. The van der Waals surface area contributed by atoms with Gasteiger partial charge in [-0.25, -0.2) is 0 Å². The molecule has 0 bridgehead atoms. The molecule has 0 atom stereocenters. The zero-order chi connectivity index (χ0) is 18.6. The summed E-state index contributed by atoms with van der Waals surface area (Å²) >= 11 is 0. The molecule has 0 spiro atoms. The first-order valence-electron chi connectivity index (χ1n) is 9.89. The first-order chi connectivity index (χ1) is 12.7. The van der Waals surface area contributed by atoms with Crippen molar-refractivity contribution < 1.29 is 9.47 Å². The number of unbranched alkanes of at least 4 members (excludes halogenated alkanes) is 4. The van der Waals surface area contributed by atoms with Crippen LogP contribution in [0.15, 0.2) is 48.5 Å². The average molecular weight is 356 g/mol. The number of hydrogen-bond donors (Lipinski definition) is 1. The monoisotopic (exact) mass is 355 g/mol. The maximum atomic E-state index is 5.81. The molecule has 1 N–H and O–H groups in total. The fourth-order valence-corrected chi connectivity index (χ4v) is 2.73. The highest BCUT2D eigenvalue weighted by atomic mass is 16.5. The van der Waals surface area contributed by atoms with Crippen LogP contribution < -0.4 is 14.8 Å². The van der Waals surface area contributed by atoms with Gasteiger partial charge in [-0.1, -0.05) is 44.7 Å². The molecule has 0 aliphatic rings. The predicted octanol–water partition coefficient (Wildman–Crippen LogP) is 6.44. The minimum absolute atomic E-state index is 0.200. The van der Waals surface area contributed by atoms with Gasteiger partial charge in [0.2, 0.25) is 0 Å². The normalized spacial score (nSPS) is 10.8. The van der Waals surface area contributed by atoms with Gasteiger partial charge in [0.15, 0.2) is 0 Å². The van der Waals surface area contributed by atoms with Crippen LogP contribution in [0.3, 0.4) is 0 Å². The Labute approximate surface area is 158 Å². The van der Waals surface area contributed by atoms with E-state index in [0.29, 0.717) is 0 Å². The largest absolute Gasteiger partial charge is 0.494 e. The van der Waals surface area contributed by atoms with Crippen molar-refractivity contribution in [3.05, 3.63) is 54.1 Å². The molecule has 0 unspecified atom stereocenters. The number of nitrogens with one attached hydrogen (secondary N) is 1. The molecule has 2 rings (SSSR count). The van der Waals surface area contributed by atoms with E-state index in [-0.39, 0.29) is 6.10 Å². The molecule has 0 saturated heterocycles. The van der Waals surface area contributed by atoms with Gasteiger partial charge in [-0.2, -0.15) is 0 Å². The third-order valence-corrected chi connectivity index (χ3v) is 4.16. The van der Waals surface area contributed by atoms with E-state index in [1.165, 1.54) is 31.2 Å². The molecule has 2 aromatic rings. The van der Waals surface area contributed by atoms with Crippen molar-refractivity contribution in [2.24, 2.45) is 0 Å². The number of ether oxygens (including phenoxy) is 2. The van der Waals surface area contributed by atoms with Gasteiger partial charge in [0, 0.05) is 12.2 Å². The van der Waals surface area contributed by atoms with E-state index >= 15 is 0 Å². The molecule has 2 aromatic carbocycles. The first-order valence-corrected chi connectivity index (χ1v) is 9.89. The summed E-state index contributed by atoms with van der Waals surface area (Å²) in [5.74, 6) is 1.86. The molecule has 0 heterocycles. The smallest absolute Gasteiger partial charge is 0.119 e. The fourth-order valence-electron chi connectivity index (χ4n) is 2.73. The Morgan fingerprint density at radius 3 is 2.12 bits per heavy atom. The second-order valence-corrected chi connectivity index (χ2v) is 6.95. The van der Waals surface area contributed by atoms with Gasteiger partial charge in [0.05, 0.1) is 12.7 Å². The minimum atomic E-state index is 0.200. The highest BCUT2D eigenvalue weighted by Gasteiger charge is 2.00. The molecule has 142 valence electrons. The second kappa shape index (κ2) is 11.5. The molecule has 3 heteroatoms. The molecule has 0 aliphatic heterocycles. The van der Waals surface area contributed by atoms with Gasteiger partial charge in [-0.05, 0) is 62.2 Å². The summed E-state index contributed by atoms with van der Waals surface area (Å²) in [6, 6.07) is 16.5. The van der Waals surface area contributed by atoms with E-state index in [4.69, 9.17) is 9.47 Å². The maximum Gasteiger partial charge on any atom is 0.119 e. The molecule has 0 radical (unpaired) electrons. The van der Waals surface area contributed by atoms with Crippen molar-refractivity contribution in [3.8, 4) is 11.5 Å². The van der Waals surface area contributed by atoms with E-state index in [1.54, 1.807) is 0 Å². The van der Waals surface area contributed by atoms with Crippen molar-refractivity contribution >= 4 is 5.69 Å². The lowest BCUT2D eigenvalue weighted by Gasteiger charge is -2.11. The third kappa shape index (κ3) is 7.81. The lowest BCUT2D eigenvalue weighted by molar-refractivity contribution is 0.242. The predicted molar refractivity (Wildman–Crippen MR) is 110 cm³/mol. The number of benzene rings is 2.